The molecular formula is C38H34N8O6. The minimum atomic E-state index is -1.08. The van der Waals surface area contributed by atoms with Gasteiger partial charge in [0.15, 0.2) is 5.75 Å². The summed E-state index contributed by atoms with van der Waals surface area (Å²) in [6, 6.07) is 20.6. The highest BCUT2D eigenvalue weighted by Gasteiger charge is 2.48. The third-order valence-corrected chi connectivity index (χ3v) is 9.90. The number of hydrogen-bond donors (Lipinski definition) is 2. The second kappa shape index (κ2) is 13.1. The zero-order chi connectivity index (χ0) is 36.0. The molecule has 1 saturated carbocycles. The number of rotatable bonds is 10. The van der Waals surface area contributed by atoms with E-state index in [9.17, 15) is 19.2 Å². The quantitative estimate of drug-likeness (QED) is 0.204. The number of nitrogens with one attached hydrogen (secondary N) is 2. The Hall–Kier alpha value is -6.28. The first-order valence-corrected chi connectivity index (χ1v) is 17.0. The molecule has 4 heterocycles. The molecule has 262 valence electrons. The zero-order valence-electron chi connectivity index (χ0n) is 28.3. The Morgan fingerprint density at radius 3 is 1.90 bits per heavy atom. The molecule has 2 aromatic heterocycles. The van der Waals surface area contributed by atoms with Crippen LogP contribution in [0.5, 0.6) is 17.2 Å². The largest absolute Gasteiger partial charge is 0.490 e. The van der Waals surface area contributed by atoms with Gasteiger partial charge >= 0.3 is 0 Å². The first-order valence-electron chi connectivity index (χ1n) is 17.0. The monoisotopic (exact) mass is 698 g/mol. The normalized spacial score (nSPS) is 21.4. The second-order valence-corrected chi connectivity index (χ2v) is 13.6. The van der Waals surface area contributed by atoms with Gasteiger partial charge in [0.25, 0.3) is 17.8 Å². The van der Waals surface area contributed by atoms with Gasteiger partial charge in [0.05, 0.1) is 42.0 Å². The first kappa shape index (κ1) is 32.9. The van der Waals surface area contributed by atoms with Gasteiger partial charge in [-0.25, -0.2) is 9.97 Å². The van der Waals surface area contributed by atoms with Crippen LogP contribution in [-0.2, 0) is 15.0 Å². The summed E-state index contributed by atoms with van der Waals surface area (Å²) in [6.07, 6.45) is 7.54. The molecule has 2 aliphatic heterocycles. The van der Waals surface area contributed by atoms with Crippen LogP contribution in [0.3, 0.4) is 0 Å². The van der Waals surface area contributed by atoms with E-state index >= 15 is 0 Å². The molecule has 0 spiro atoms. The van der Waals surface area contributed by atoms with E-state index in [4.69, 9.17) is 9.47 Å². The van der Waals surface area contributed by atoms with Crippen LogP contribution in [0.25, 0.3) is 5.95 Å². The maximum Gasteiger partial charge on any atom is 0.268 e. The third kappa shape index (κ3) is 6.17. The SMILES string of the molecule is CC(C)(c1ccc(Oc2cnc(-n3nccn3)nc2)cc1)c1ccc(OC2CC(N[C@@H]3C[C@@H](N4C(=O)c5ccccc5C4=O)C(=O)NC3=O)C2)cc1. The molecule has 0 radical (unpaired) electrons. The Bertz CT molecular complexity index is 2110. The fourth-order valence-electron chi connectivity index (χ4n) is 6.84. The lowest BCUT2D eigenvalue weighted by atomic mass is 9.78. The molecule has 14 heteroatoms. The van der Waals surface area contributed by atoms with Crippen molar-refractivity contribution in [2.45, 2.75) is 62.8 Å². The summed E-state index contributed by atoms with van der Waals surface area (Å²) in [7, 11) is 0. The zero-order valence-corrected chi connectivity index (χ0v) is 28.3. The molecule has 3 aliphatic rings. The lowest BCUT2D eigenvalue weighted by Crippen LogP contribution is -2.64. The third-order valence-electron chi connectivity index (χ3n) is 9.90. The van der Waals surface area contributed by atoms with Gasteiger partial charge in [-0.15, -0.1) is 4.80 Å². The minimum absolute atomic E-state index is 0.0133. The van der Waals surface area contributed by atoms with E-state index in [1.165, 1.54) is 4.80 Å². The summed E-state index contributed by atoms with van der Waals surface area (Å²) >= 11 is 0. The lowest BCUT2D eigenvalue weighted by Gasteiger charge is -2.40. The number of nitrogens with zero attached hydrogens (tertiary/aromatic N) is 6. The summed E-state index contributed by atoms with van der Waals surface area (Å²) in [4.78, 5) is 62.2. The lowest BCUT2D eigenvalue weighted by molar-refractivity contribution is -0.138. The Morgan fingerprint density at radius 1 is 0.731 bits per heavy atom. The maximum absolute atomic E-state index is 13.0. The van der Waals surface area contributed by atoms with Crippen molar-refractivity contribution < 1.29 is 28.7 Å². The van der Waals surface area contributed by atoms with Crippen LogP contribution < -0.4 is 20.1 Å². The Labute approximate surface area is 298 Å². The summed E-state index contributed by atoms with van der Waals surface area (Å²) in [6.45, 7) is 4.31. The highest BCUT2D eigenvalue weighted by Crippen LogP contribution is 2.35. The second-order valence-electron chi connectivity index (χ2n) is 13.6. The van der Waals surface area contributed by atoms with Crippen LogP contribution in [0.2, 0.25) is 0 Å². The molecule has 14 nitrogen and oxygen atoms in total. The van der Waals surface area contributed by atoms with Crippen molar-refractivity contribution in [3.05, 3.63) is 120 Å². The van der Waals surface area contributed by atoms with Crippen LogP contribution in [0.4, 0.5) is 0 Å². The Morgan fingerprint density at radius 2 is 1.31 bits per heavy atom. The van der Waals surface area contributed by atoms with Crippen molar-refractivity contribution in [2.75, 3.05) is 0 Å². The molecule has 5 aromatic rings. The molecule has 0 unspecified atom stereocenters. The van der Waals surface area contributed by atoms with Gasteiger partial charge in [0.2, 0.25) is 11.8 Å². The number of benzene rings is 3. The molecule has 8 rings (SSSR count). The Kier molecular flexibility index (Phi) is 8.30. The minimum Gasteiger partial charge on any atom is -0.490 e. The van der Waals surface area contributed by atoms with Crippen LogP contribution in [0, 0.1) is 0 Å². The summed E-state index contributed by atoms with van der Waals surface area (Å²) in [5.74, 6) is 0.0833. The smallest absolute Gasteiger partial charge is 0.268 e. The Balaban J connectivity index is 0.831. The molecular weight excluding hydrogens is 664 g/mol. The van der Waals surface area contributed by atoms with Crippen molar-refractivity contribution >= 4 is 23.6 Å². The number of fused-ring (bicyclic) bond motifs is 1. The maximum atomic E-state index is 13.0. The van der Waals surface area contributed by atoms with Crippen LogP contribution in [-0.4, -0.2) is 77.7 Å². The van der Waals surface area contributed by atoms with E-state index in [0.717, 1.165) is 21.8 Å². The average molecular weight is 699 g/mol. The molecule has 2 atom stereocenters. The van der Waals surface area contributed by atoms with Gasteiger partial charge in [0, 0.05) is 17.9 Å². The van der Waals surface area contributed by atoms with Gasteiger partial charge < -0.3 is 14.8 Å². The predicted octanol–water partition coefficient (Wildman–Crippen LogP) is 3.75. The molecule has 1 aliphatic carbocycles. The van der Waals surface area contributed by atoms with Gasteiger partial charge in [-0.3, -0.25) is 29.4 Å². The number of carbonyl (C=O) groups is 4. The molecule has 2 fully saturated rings. The number of carbonyl (C=O) groups excluding carboxylic acids is 4. The van der Waals surface area contributed by atoms with Crippen molar-refractivity contribution in [2.24, 2.45) is 0 Å². The van der Waals surface area contributed by atoms with E-state index in [-0.39, 0.29) is 35.1 Å². The van der Waals surface area contributed by atoms with E-state index in [2.05, 4.69) is 56.8 Å². The fraction of sp³-hybridized carbons (Fsp3) is 0.263. The molecule has 1 saturated heterocycles. The van der Waals surface area contributed by atoms with Gasteiger partial charge in [-0.1, -0.05) is 50.2 Å². The van der Waals surface area contributed by atoms with Crippen molar-refractivity contribution in [3.8, 4) is 23.2 Å². The topological polar surface area (TPSA) is 171 Å². The first-order chi connectivity index (χ1) is 25.1. The number of ether oxygens (including phenoxy) is 2. The van der Waals surface area contributed by atoms with Crippen LogP contribution >= 0.6 is 0 Å². The van der Waals surface area contributed by atoms with E-state index in [1.807, 2.05) is 36.4 Å². The van der Waals surface area contributed by atoms with E-state index in [1.54, 1.807) is 49.1 Å². The highest BCUT2D eigenvalue weighted by atomic mass is 16.5. The van der Waals surface area contributed by atoms with Gasteiger partial charge in [-0.2, -0.15) is 10.2 Å². The number of imide groups is 2. The molecule has 2 N–H and O–H groups in total. The summed E-state index contributed by atoms with van der Waals surface area (Å²) in [5, 5.41) is 13.7. The van der Waals surface area contributed by atoms with Crippen LogP contribution in [0.1, 0.15) is 65.0 Å². The number of hydrogen-bond acceptors (Lipinski definition) is 11. The van der Waals surface area contributed by atoms with Crippen molar-refractivity contribution in [1.82, 2.24) is 40.5 Å². The summed E-state index contributed by atoms with van der Waals surface area (Å²) in [5.41, 5.74) is 2.45. The van der Waals surface area contributed by atoms with E-state index < -0.39 is 35.7 Å². The molecule has 52 heavy (non-hydrogen) atoms. The molecule has 4 amide bonds. The van der Waals surface area contributed by atoms with Crippen LogP contribution in [0.15, 0.2) is 97.6 Å². The standard InChI is InChI=1S/C38H34N8O6/c1-38(2,23-9-13-26(14-10-23)52-28-20-39-37(40-21-28)46-41-15-16-42-46)22-7-11-25(12-8-22)51-27-17-24(18-27)43-31-19-32(34(48)44-33(31)47)45-35(49)29-5-3-4-6-30(29)36(45)50/h3-16,20-21,24,27,31-32,43H,17-19H2,1-2H3,(H,44,47,48)/t24?,27?,31-,32-/m1/s1. The molecule has 3 aromatic carbocycles. The van der Waals surface area contributed by atoms with Crippen molar-refractivity contribution in [3.63, 3.8) is 0 Å². The highest BCUT2D eigenvalue weighted by molar-refractivity contribution is 6.23. The van der Waals surface area contributed by atoms with Gasteiger partial charge in [0.1, 0.15) is 23.6 Å². The summed E-state index contributed by atoms with van der Waals surface area (Å²) < 4.78 is 12.2. The van der Waals surface area contributed by atoms with E-state index in [0.29, 0.717) is 30.3 Å². The molecule has 0 bridgehead atoms. The van der Waals surface area contributed by atoms with Crippen molar-refractivity contribution in [1.29, 1.82) is 0 Å². The number of piperidine rings is 1. The average Bonchev–Trinajstić information content (AvgIpc) is 3.76. The predicted molar refractivity (Wildman–Crippen MR) is 185 cm³/mol. The van der Waals surface area contributed by atoms with Gasteiger partial charge in [-0.05, 0) is 60.4 Å². The number of amides is 4. The number of aromatic nitrogens is 5. The fourth-order valence-corrected chi connectivity index (χ4v) is 6.84.